The third-order valence-corrected chi connectivity index (χ3v) is 3.77. The van der Waals surface area contributed by atoms with Crippen molar-refractivity contribution < 1.29 is 0 Å². The first-order chi connectivity index (χ1) is 11.5. The van der Waals surface area contributed by atoms with Gasteiger partial charge in [-0.25, -0.2) is 15.0 Å². The average molecular weight is 320 g/mol. The van der Waals surface area contributed by atoms with E-state index in [1.807, 2.05) is 38.1 Å². The van der Waals surface area contributed by atoms with Crippen LogP contribution in [0.4, 0.5) is 28.8 Å². The Hall–Kier alpha value is -3.15. The van der Waals surface area contributed by atoms with Crippen LogP contribution in [0.25, 0.3) is 0 Å². The molecular weight excluding hydrogens is 300 g/mol. The molecule has 24 heavy (non-hydrogen) atoms. The van der Waals surface area contributed by atoms with Gasteiger partial charge in [-0.05, 0) is 44.0 Å². The summed E-state index contributed by atoms with van der Waals surface area (Å²) in [6, 6.07) is 10.0. The van der Waals surface area contributed by atoms with Crippen molar-refractivity contribution in [1.29, 1.82) is 0 Å². The van der Waals surface area contributed by atoms with Crippen LogP contribution in [0, 0.1) is 20.8 Å². The number of nitrogens with one attached hydrogen (secondary N) is 2. The van der Waals surface area contributed by atoms with Crippen molar-refractivity contribution in [2.45, 2.75) is 20.8 Å². The summed E-state index contributed by atoms with van der Waals surface area (Å²) in [6.07, 6.45) is 3.20. The molecule has 0 saturated carbocycles. The maximum Gasteiger partial charge on any atom is 0.160 e. The summed E-state index contributed by atoms with van der Waals surface area (Å²) < 4.78 is 0. The summed E-state index contributed by atoms with van der Waals surface area (Å²) >= 11 is 0. The van der Waals surface area contributed by atoms with E-state index in [0.29, 0.717) is 17.3 Å². The number of anilines is 5. The molecule has 0 radical (unpaired) electrons. The van der Waals surface area contributed by atoms with Crippen LogP contribution in [0.5, 0.6) is 0 Å². The van der Waals surface area contributed by atoms with E-state index in [2.05, 4.69) is 38.6 Å². The quantitative estimate of drug-likeness (QED) is 0.676. The summed E-state index contributed by atoms with van der Waals surface area (Å²) in [7, 11) is 0. The molecule has 0 bridgehead atoms. The van der Waals surface area contributed by atoms with Crippen molar-refractivity contribution in [3.8, 4) is 0 Å². The van der Waals surface area contributed by atoms with Gasteiger partial charge in [-0.15, -0.1) is 0 Å². The Balaban J connectivity index is 1.89. The number of rotatable bonds is 4. The van der Waals surface area contributed by atoms with Gasteiger partial charge in [0.15, 0.2) is 11.6 Å². The molecule has 0 atom stereocenters. The number of benzene rings is 1. The fraction of sp³-hybridized carbons (Fsp3) is 0.167. The SMILES string of the molecule is Cc1ccc(Nc2ncnc(Nc3ncccc3C)c2N)c(C)c1. The second-order valence-electron chi connectivity index (χ2n) is 5.72. The summed E-state index contributed by atoms with van der Waals surface area (Å²) in [6.45, 7) is 6.08. The molecular formula is C18H20N6. The smallest absolute Gasteiger partial charge is 0.160 e. The lowest BCUT2D eigenvalue weighted by Crippen LogP contribution is -2.07. The van der Waals surface area contributed by atoms with Crippen molar-refractivity contribution in [3.63, 3.8) is 0 Å². The van der Waals surface area contributed by atoms with Gasteiger partial charge >= 0.3 is 0 Å². The molecule has 4 N–H and O–H groups in total. The second-order valence-corrected chi connectivity index (χ2v) is 5.72. The fourth-order valence-corrected chi connectivity index (χ4v) is 2.40. The number of aromatic nitrogens is 3. The minimum Gasteiger partial charge on any atom is -0.393 e. The molecule has 2 aromatic heterocycles. The average Bonchev–Trinajstić information content (AvgIpc) is 2.55. The molecule has 0 aliphatic heterocycles. The van der Waals surface area contributed by atoms with E-state index in [4.69, 9.17) is 5.73 Å². The van der Waals surface area contributed by atoms with Crippen molar-refractivity contribution in [1.82, 2.24) is 15.0 Å². The molecule has 0 spiro atoms. The topological polar surface area (TPSA) is 88.8 Å². The van der Waals surface area contributed by atoms with Gasteiger partial charge in [-0.3, -0.25) is 0 Å². The number of nitrogens with zero attached hydrogens (tertiary/aromatic N) is 3. The predicted octanol–water partition coefficient (Wildman–Crippen LogP) is 3.87. The van der Waals surface area contributed by atoms with Crippen LogP contribution in [0.1, 0.15) is 16.7 Å². The lowest BCUT2D eigenvalue weighted by molar-refractivity contribution is 1.15. The first kappa shape index (κ1) is 15.7. The van der Waals surface area contributed by atoms with E-state index < -0.39 is 0 Å². The normalized spacial score (nSPS) is 10.5. The van der Waals surface area contributed by atoms with Crippen LogP contribution in [0.3, 0.4) is 0 Å². The Morgan fingerprint density at radius 1 is 0.833 bits per heavy atom. The molecule has 122 valence electrons. The van der Waals surface area contributed by atoms with Crippen LogP contribution in [-0.2, 0) is 0 Å². The number of hydrogen-bond acceptors (Lipinski definition) is 6. The van der Waals surface area contributed by atoms with Crippen LogP contribution in [0.15, 0.2) is 42.9 Å². The van der Waals surface area contributed by atoms with Crippen LogP contribution < -0.4 is 16.4 Å². The van der Waals surface area contributed by atoms with Gasteiger partial charge in [-0.2, -0.15) is 0 Å². The highest BCUT2D eigenvalue weighted by Crippen LogP contribution is 2.29. The van der Waals surface area contributed by atoms with E-state index in [9.17, 15) is 0 Å². The molecule has 0 saturated heterocycles. The Morgan fingerprint density at radius 3 is 2.29 bits per heavy atom. The highest BCUT2D eigenvalue weighted by atomic mass is 15.1. The maximum atomic E-state index is 6.23. The number of nitrogens with two attached hydrogens (primary N) is 1. The Morgan fingerprint density at radius 2 is 1.58 bits per heavy atom. The van der Waals surface area contributed by atoms with Crippen molar-refractivity contribution in [2.75, 3.05) is 16.4 Å². The molecule has 0 amide bonds. The van der Waals surface area contributed by atoms with Crippen molar-refractivity contribution in [2.24, 2.45) is 0 Å². The summed E-state index contributed by atoms with van der Waals surface area (Å²) in [5.74, 6) is 1.81. The third-order valence-electron chi connectivity index (χ3n) is 3.77. The first-order valence-corrected chi connectivity index (χ1v) is 7.68. The van der Waals surface area contributed by atoms with Gasteiger partial charge in [-0.1, -0.05) is 23.8 Å². The van der Waals surface area contributed by atoms with E-state index in [1.54, 1.807) is 6.20 Å². The molecule has 1 aromatic carbocycles. The van der Waals surface area contributed by atoms with Gasteiger partial charge < -0.3 is 16.4 Å². The van der Waals surface area contributed by atoms with Crippen molar-refractivity contribution in [3.05, 3.63) is 59.5 Å². The van der Waals surface area contributed by atoms with E-state index in [0.717, 1.165) is 22.6 Å². The molecule has 3 rings (SSSR count). The van der Waals surface area contributed by atoms with Gasteiger partial charge in [0.1, 0.15) is 17.8 Å². The second kappa shape index (κ2) is 6.54. The van der Waals surface area contributed by atoms with Gasteiger partial charge in [0.05, 0.1) is 0 Å². The highest BCUT2D eigenvalue weighted by molar-refractivity contribution is 5.80. The summed E-state index contributed by atoms with van der Waals surface area (Å²) in [4.78, 5) is 12.8. The number of nitrogen functional groups attached to an aromatic ring is 1. The molecule has 0 fully saturated rings. The van der Waals surface area contributed by atoms with E-state index in [1.165, 1.54) is 11.9 Å². The zero-order chi connectivity index (χ0) is 17.1. The Labute approximate surface area is 141 Å². The summed E-state index contributed by atoms with van der Waals surface area (Å²) in [5.41, 5.74) is 11.0. The molecule has 0 aliphatic rings. The molecule has 0 unspecified atom stereocenters. The number of pyridine rings is 1. The molecule has 3 aromatic rings. The minimum atomic E-state index is 0.447. The van der Waals surface area contributed by atoms with Gasteiger partial charge in [0, 0.05) is 11.9 Å². The van der Waals surface area contributed by atoms with Crippen LogP contribution >= 0.6 is 0 Å². The molecule has 6 heteroatoms. The minimum absolute atomic E-state index is 0.447. The monoisotopic (exact) mass is 320 g/mol. The van der Waals surface area contributed by atoms with Crippen LogP contribution in [-0.4, -0.2) is 15.0 Å². The predicted molar refractivity (Wildman–Crippen MR) is 97.9 cm³/mol. The fourth-order valence-electron chi connectivity index (χ4n) is 2.40. The van der Waals surface area contributed by atoms with Crippen LogP contribution in [0.2, 0.25) is 0 Å². The maximum absolute atomic E-state index is 6.23. The Kier molecular flexibility index (Phi) is 4.29. The third kappa shape index (κ3) is 3.27. The summed E-state index contributed by atoms with van der Waals surface area (Å²) in [5, 5.41) is 6.44. The highest BCUT2D eigenvalue weighted by Gasteiger charge is 2.11. The standard InChI is InChI=1S/C18H20N6/c1-11-6-7-14(13(3)9-11)23-17-15(19)18(22-10-21-17)24-16-12(2)5-4-8-20-16/h4-10H,19H2,1-3H3,(H2,20,21,22,23,24). The number of hydrogen-bond donors (Lipinski definition) is 3. The Bertz CT molecular complexity index is 875. The largest absolute Gasteiger partial charge is 0.393 e. The zero-order valence-electron chi connectivity index (χ0n) is 14.0. The number of aryl methyl sites for hydroxylation is 3. The molecule has 2 heterocycles. The molecule has 0 aliphatic carbocycles. The molecule has 6 nitrogen and oxygen atoms in total. The van der Waals surface area contributed by atoms with Gasteiger partial charge in [0.25, 0.3) is 0 Å². The van der Waals surface area contributed by atoms with E-state index >= 15 is 0 Å². The lowest BCUT2D eigenvalue weighted by atomic mass is 10.1. The van der Waals surface area contributed by atoms with Gasteiger partial charge in [0.2, 0.25) is 0 Å². The first-order valence-electron chi connectivity index (χ1n) is 7.68. The lowest BCUT2D eigenvalue weighted by Gasteiger charge is -2.14. The zero-order valence-corrected chi connectivity index (χ0v) is 14.0. The van der Waals surface area contributed by atoms with Crippen molar-refractivity contribution >= 4 is 28.8 Å². The van der Waals surface area contributed by atoms with E-state index in [-0.39, 0.29) is 0 Å².